The second kappa shape index (κ2) is 13.5. The lowest BCUT2D eigenvalue weighted by molar-refractivity contribution is 0.000516. The number of nitrogens with zero attached hydrogens (tertiary/aromatic N) is 1. The van der Waals surface area contributed by atoms with E-state index in [4.69, 9.17) is 27.9 Å². The number of carbonyl (C=O) groups excluding carboxylic acids is 1. The highest BCUT2D eigenvalue weighted by Gasteiger charge is 2.52. The number of aryl methyl sites for hydroxylation is 1. The van der Waals surface area contributed by atoms with Crippen molar-refractivity contribution in [2.45, 2.75) is 129 Å². The molecule has 2 aromatic rings. The first kappa shape index (κ1) is 36.3. The molecule has 0 N–H and O–H groups in total. The lowest BCUT2D eigenvalue weighted by atomic mass is 9.77. The molecule has 2 heterocycles. The van der Waals surface area contributed by atoms with Crippen molar-refractivity contribution in [2.75, 3.05) is 19.7 Å². The first-order valence-corrected chi connectivity index (χ1v) is 19.6. The molecule has 0 radical (unpaired) electrons. The third-order valence-corrected chi connectivity index (χ3v) is 14.1. The molecule has 46 heavy (non-hydrogen) atoms. The lowest BCUT2D eigenvalue weighted by Gasteiger charge is -2.41. The van der Waals surface area contributed by atoms with E-state index >= 15 is 0 Å². The number of hydrogen-bond donors (Lipinski definition) is 0. The fourth-order valence-corrected chi connectivity index (χ4v) is 6.51. The van der Waals surface area contributed by atoms with Crippen LogP contribution in [0, 0.1) is 0 Å². The Balaban J connectivity index is 1.52. The van der Waals surface area contributed by atoms with E-state index in [0.717, 1.165) is 35.4 Å². The zero-order valence-corrected chi connectivity index (χ0v) is 31.2. The van der Waals surface area contributed by atoms with Crippen LogP contribution in [0.1, 0.15) is 81.2 Å². The largest absolute Gasteiger partial charge is 0.494 e. The van der Waals surface area contributed by atoms with Gasteiger partial charge in [0, 0.05) is 0 Å². The van der Waals surface area contributed by atoms with Gasteiger partial charge in [-0.3, -0.25) is 0 Å². The summed E-state index contributed by atoms with van der Waals surface area (Å²) in [4.78, 5) is 15.4. The Morgan fingerprint density at radius 1 is 1.00 bits per heavy atom. The molecule has 0 unspecified atom stereocenters. The van der Waals surface area contributed by atoms with Gasteiger partial charge in [0.05, 0.1) is 30.4 Å². The number of para-hydroxylation sites is 1. The number of hydrogen-bond acceptors (Lipinski definition) is 7. The Hall–Kier alpha value is -2.53. The second-order valence-electron chi connectivity index (χ2n) is 16.2. The Morgan fingerprint density at radius 2 is 1.63 bits per heavy atom. The van der Waals surface area contributed by atoms with Crippen molar-refractivity contribution < 1.29 is 32.7 Å². The highest BCUT2D eigenvalue weighted by molar-refractivity contribution is 6.74. The van der Waals surface area contributed by atoms with Crippen molar-refractivity contribution in [3.05, 3.63) is 54.1 Å². The number of rotatable bonds is 10. The van der Waals surface area contributed by atoms with E-state index in [0.29, 0.717) is 19.7 Å². The molecule has 0 aromatic heterocycles. The number of benzene rings is 2. The van der Waals surface area contributed by atoms with E-state index in [2.05, 4.69) is 67.6 Å². The van der Waals surface area contributed by atoms with E-state index in [9.17, 15) is 4.79 Å². The number of fused-ring (bicyclic) bond motifs is 1. The van der Waals surface area contributed by atoms with Gasteiger partial charge in [-0.05, 0) is 109 Å². The van der Waals surface area contributed by atoms with Gasteiger partial charge in [0.25, 0.3) is 0 Å². The average Bonchev–Trinajstić information content (AvgIpc) is 3.16. The van der Waals surface area contributed by atoms with Gasteiger partial charge in [-0.1, -0.05) is 51.1 Å². The first-order valence-electron chi connectivity index (χ1n) is 16.6. The van der Waals surface area contributed by atoms with Crippen molar-refractivity contribution in [3.63, 3.8) is 0 Å². The summed E-state index contributed by atoms with van der Waals surface area (Å²) in [6.07, 6.45) is 0.629. The van der Waals surface area contributed by atoms with E-state index < -0.39 is 32.2 Å². The zero-order valence-electron chi connectivity index (χ0n) is 30.2. The summed E-state index contributed by atoms with van der Waals surface area (Å²) >= 11 is 0. The molecule has 2 aliphatic rings. The van der Waals surface area contributed by atoms with Crippen LogP contribution >= 0.6 is 0 Å². The third kappa shape index (κ3) is 9.08. The SMILES string of the molecule is CC(C)(C)OC(=O)N(C[C@H]1CCc2cc(B3OC(C)(C)C(C)(C)O3)ccc2O1)C[C@@H](COc1ccccc1)O[Si](C)(C)C(C)(C)C. The van der Waals surface area contributed by atoms with Crippen LogP contribution in [0.3, 0.4) is 0 Å². The average molecular weight is 654 g/mol. The van der Waals surface area contributed by atoms with Crippen LogP contribution in [0.2, 0.25) is 18.1 Å². The van der Waals surface area contributed by atoms with Gasteiger partial charge in [0.15, 0.2) is 8.32 Å². The Morgan fingerprint density at radius 3 is 2.22 bits per heavy atom. The van der Waals surface area contributed by atoms with Gasteiger partial charge in [0.1, 0.15) is 29.8 Å². The molecule has 2 aromatic carbocycles. The van der Waals surface area contributed by atoms with E-state index in [-0.39, 0.29) is 23.3 Å². The van der Waals surface area contributed by atoms with Crippen LogP contribution in [0.15, 0.2) is 48.5 Å². The highest BCUT2D eigenvalue weighted by Crippen LogP contribution is 2.38. The van der Waals surface area contributed by atoms with Gasteiger partial charge < -0.3 is 32.8 Å². The minimum Gasteiger partial charge on any atom is -0.491 e. The highest BCUT2D eigenvalue weighted by atomic mass is 28.4. The zero-order chi connectivity index (χ0) is 34.1. The monoisotopic (exact) mass is 653 g/mol. The molecule has 1 amide bonds. The van der Waals surface area contributed by atoms with Gasteiger partial charge >= 0.3 is 13.2 Å². The normalized spacial score (nSPS) is 20.0. The quantitative estimate of drug-likeness (QED) is 0.248. The first-order chi connectivity index (χ1) is 21.2. The lowest BCUT2D eigenvalue weighted by Crippen LogP contribution is -2.52. The summed E-state index contributed by atoms with van der Waals surface area (Å²) in [7, 11) is -2.62. The van der Waals surface area contributed by atoms with Crippen LogP contribution in [0.4, 0.5) is 4.79 Å². The molecule has 0 saturated carbocycles. The number of ether oxygens (including phenoxy) is 3. The predicted molar refractivity (Wildman–Crippen MR) is 187 cm³/mol. The maximum Gasteiger partial charge on any atom is 0.494 e. The Bertz CT molecular complexity index is 1320. The molecule has 0 bridgehead atoms. The van der Waals surface area contributed by atoms with Crippen LogP contribution in [-0.4, -0.2) is 75.1 Å². The van der Waals surface area contributed by atoms with E-state index in [1.165, 1.54) is 0 Å². The molecule has 2 atom stereocenters. The molecule has 1 fully saturated rings. The van der Waals surface area contributed by atoms with Crippen molar-refractivity contribution in [3.8, 4) is 11.5 Å². The molecule has 4 rings (SSSR count). The van der Waals surface area contributed by atoms with Crippen LogP contribution in [-0.2, 0) is 24.9 Å². The molecule has 8 nitrogen and oxygen atoms in total. The van der Waals surface area contributed by atoms with E-state index in [1.54, 1.807) is 4.90 Å². The Kier molecular flexibility index (Phi) is 10.7. The summed E-state index contributed by atoms with van der Waals surface area (Å²) in [5, 5.41) is -0.0100. The van der Waals surface area contributed by atoms with Gasteiger partial charge in [-0.15, -0.1) is 0 Å². The minimum absolute atomic E-state index is 0.0100. The second-order valence-corrected chi connectivity index (χ2v) is 21.0. The van der Waals surface area contributed by atoms with Gasteiger partial charge in [-0.25, -0.2) is 4.79 Å². The molecule has 10 heteroatoms. The Labute approximate surface area is 278 Å². The third-order valence-electron chi connectivity index (χ3n) is 9.59. The summed E-state index contributed by atoms with van der Waals surface area (Å²) in [6.45, 7) is 26.0. The molecule has 2 aliphatic heterocycles. The summed E-state index contributed by atoms with van der Waals surface area (Å²) in [6, 6.07) is 15.9. The van der Waals surface area contributed by atoms with E-state index in [1.807, 2.05) is 63.2 Å². The van der Waals surface area contributed by atoms with Crippen molar-refractivity contribution >= 4 is 27.0 Å². The van der Waals surface area contributed by atoms with Gasteiger partial charge in [0.2, 0.25) is 0 Å². The topological polar surface area (TPSA) is 75.7 Å². The fourth-order valence-electron chi connectivity index (χ4n) is 5.18. The molecule has 254 valence electrons. The van der Waals surface area contributed by atoms with Crippen molar-refractivity contribution in [2.24, 2.45) is 0 Å². The molecular formula is C36H56BNO7Si. The predicted octanol–water partition coefficient (Wildman–Crippen LogP) is 7.39. The van der Waals surface area contributed by atoms with Crippen LogP contribution in [0.25, 0.3) is 0 Å². The van der Waals surface area contributed by atoms with Crippen LogP contribution < -0.4 is 14.9 Å². The maximum absolute atomic E-state index is 13.7. The minimum atomic E-state index is -2.20. The summed E-state index contributed by atoms with van der Waals surface area (Å²) in [5.41, 5.74) is 0.647. The van der Waals surface area contributed by atoms with Crippen LogP contribution in [0.5, 0.6) is 11.5 Å². The standard InChI is InChI=1S/C36H56BNO7Si/c1-33(2,3)42-32(39)38(24-30(43-46(11,12)34(4,5)6)25-40-28-16-14-13-15-17-28)23-29-20-18-26-22-27(19-21-31(26)41-29)37-44-35(7,8)36(9,10)45-37/h13-17,19,21-22,29-30H,18,20,23-25H2,1-12H3/t29-,30+/m1/s1. The molecule has 0 aliphatic carbocycles. The van der Waals surface area contributed by atoms with Crippen molar-refractivity contribution in [1.29, 1.82) is 0 Å². The fraction of sp³-hybridized carbons (Fsp3) is 0.639. The summed E-state index contributed by atoms with van der Waals surface area (Å²) < 4.78 is 38.0. The molecule has 0 spiro atoms. The summed E-state index contributed by atoms with van der Waals surface area (Å²) in [5.74, 6) is 1.59. The number of amides is 1. The smallest absolute Gasteiger partial charge is 0.491 e. The maximum atomic E-state index is 13.7. The van der Waals surface area contributed by atoms with Crippen molar-refractivity contribution in [1.82, 2.24) is 4.90 Å². The van der Waals surface area contributed by atoms with Gasteiger partial charge in [-0.2, -0.15) is 0 Å². The number of carbonyl (C=O) groups is 1. The molecular weight excluding hydrogens is 597 g/mol. The molecule has 1 saturated heterocycles.